The Labute approximate surface area is 172 Å². The molecule has 0 saturated carbocycles. The lowest BCUT2D eigenvalue weighted by Crippen LogP contribution is -2.31. The fourth-order valence-electron chi connectivity index (χ4n) is 3.18. The Kier molecular flexibility index (Phi) is 6.59. The molecule has 5 nitrogen and oxygen atoms in total. The highest BCUT2D eigenvalue weighted by molar-refractivity contribution is 7.99. The van der Waals surface area contributed by atoms with Gasteiger partial charge in [-0.3, -0.25) is 0 Å². The predicted molar refractivity (Wildman–Crippen MR) is 111 cm³/mol. The Morgan fingerprint density at radius 3 is 2.46 bits per heavy atom. The molecule has 1 atom stereocenters. The average Bonchev–Trinajstić information content (AvgIpc) is 3.19. The number of carboxylic acids is 1. The van der Waals surface area contributed by atoms with Gasteiger partial charge in [-0.2, -0.15) is 0 Å². The summed E-state index contributed by atoms with van der Waals surface area (Å²) in [7, 11) is 0. The maximum Gasteiger partial charge on any atom is 0.336 e. The fourth-order valence-corrected chi connectivity index (χ4v) is 4.77. The van der Waals surface area contributed by atoms with Crippen LogP contribution in [0.15, 0.2) is 75.3 Å². The van der Waals surface area contributed by atoms with Crippen molar-refractivity contribution in [2.24, 2.45) is 0 Å². The molecule has 1 aromatic heterocycles. The number of dihydropyridines is 1. The van der Waals surface area contributed by atoms with Gasteiger partial charge in [0.2, 0.25) is 0 Å². The van der Waals surface area contributed by atoms with Gasteiger partial charge in [-0.05, 0) is 37.4 Å². The summed E-state index contributed by atoms with van der Waals surface area (Å²) >= 11 is 3.03. The molecule has 0 bridgehead atoms. The largest absolute Gasteiger partial charge is 0.478 e. The molecule has 3 rings (SSSR count). The van der Waals surface area contributed by atoms with E-state index in [9.17, 15) is 14.7 Å². The lowest BCUT2D eigenvalue weighted by Gasteiger charge is -2.28. The van der Waals surface area contributed by atoms with Crippen molar-refractivity contribution in [3.05, 3.63) is 75.3 Å². The molecule has 0 radical (unpaired) electrons. The van der Waals surface area contributed by atoms with Gasteiger partial charge in [0.1, 0.15) is 6.61 Å². The first-order chi connectivity index (χ1) is 13.5. The van der Waals surface area contributed by atoms with E-state index in [0.29, 0.717) is 22.7 Å². The summed E-state index contributed by atoms with van der Waals surface area (Å²) in [6.45, 7) is 3.74. The predicted octanol–water partition coefficient (Wildman–Crippen LogP) is 4.40. The van der Waals surface area contributed by atoms with Crippen LogP contribution in [0.25, 0.3) is 0 Å². The summed E-state index contributed by atoms with van der Waals surface area (Å²) in [6, 6.07) is 13.6. The van der Waals surface area contributed by atoms with Gasteiger partial charge in [-0.1, -0.05) is 24.3 Å². The highest BCUT2D eigenvalue weighted by Crippen LogP contribution is 2.40. The topological polar surface area (TPSA) is 75.6 Å². The number of ether oxygens (including phenoxy) is 1. The number of carbonyl (C=O) groups is 2. The van der Waals surface area contributed by atoms with Gasteiger partial charge in [0, 0.05) is 26.9 Å². The number of thioether (sulfide) groups is 1. The van der Waals surface area contributed by atoms with Gasteiger partial charge in [-0.25, -0.2) is 9.59 Å². The van der Waals surface area contributed by atoms with E-state index in [1.807, 2.05) is 47.8 Å². The Morgan fingerprint density at radius 2 is 1.82 bits per heavy atom. The van der Waals surface area contributed by atoms with Crippen LogP contribution in [0, 0.1) is 0 Å². The van der Waals surface area contributed by atoms with Crippen molar-refractivity contribution in [2.75, 3.05) is 12.4 Å². The second-order valence-corrected chi connectivity index (χ2v) is 8.40. The quantitative estimate of drug-likeness (QED) is 0.397. The number of rotatable bonds is 7. The fraction of sp³-hybridized carbons (Fsp3) is 0.238. The SMILES string of the molecule is CC1=C(C(=O)O)C(c2cccs2)C(C(=O)OCCSc2ccccc2)=C(C)N1. The highest BCUT2D eigenvalue weighted by Gasteiger charge is 2.37. The number of benzene rings is 1. The van der Waals surface area contributed by atoms with Gasteiger partial charge in [0.05, 0.1) is 17.1 Å². The van der Waals surface area contributed by atoms with E-state index in [-0.39, 0.29) is 12.2 Å². The van der Waals surface area contributed by atoms with Crippen LogP contribution in [0.3, 0.4) is 0 Å². The molecule has 2 aromatic rings. The van der Waals surface area contributed by atoms with Crippen molar-refractivity contribution in [1.29, 1.82) is 0 Å². The van der Waals surface area contributed by atoms with E-state index >= 15 is 0 Å². The number of carboxylic acid groups (broad SMARTS) is 1. The van der Waals surface area contributed by atoms with Crippen molar-refractivity contribution in [1.82, 2.24) is 5.32 Å². The number of allylic oxidation sites excluding steroid dienone is 2. The minimum Gasteiger partial charge on any atom is -0.478 e. The molecule has 0 fully saturated rings. The maximum absolute atomic E-state index is 12.9. The minimum atomic E-state index is -1.04. The molecule has 2 N–H and O–H groups in total. The molecule has 0 saturated heterocycles. The molecule has 1 aromatic carbocycles. The van der Waals surface area contributed by atoms with Gasteiger partial charge < -0.3 is 15.2 Å². The normalized spacial score (nSPS) is 16.7. The molecule has 0 aliphatic carbocycles. The average molecular weight is 416 g/mol. The molecule has 0 amide bonds. The molecule has 146 valence electrons. The summed E-state index contributed by atoms with van der Waals surface area (Å²) in [4.78, 5) is 26.7. The zero-order valence-corrected chi connectivity index (χ0v) is 17.2. The number of esters is 1. The lowest BCUT2D eigenvalue weighted by molar-refractivity contribution is -0.138. The summed E-state index contributed by atoms with van der Waals surface area (Å²) < 4.78 is 5.50. The third-order valence-electron chi connectivity index (χ3n) is 4.37. The van der Waals surface area contributed by atoms with E-state index in [2.05, 4.69) is 5.32 Å². The van der Waals surface area contributed by atoms with Gasteiger partial charge in [0.25, 0.3) is 0 Å². The number of aliphatic carboxylic acids is 1. The van der Waals surface area contributed by atoms with Crippen molar-refractivity contribution in [3.8, 4) is 0 Å². The molecule has 1 aliphatic rings. The van der Waals surface area contributed by atoms with Gasteiger partial charge >= 0.3 is 11.9 Å². The third-order valence-corrected chi connectivity index (χ3v) is 6.28. The molecule has 1 aliphatic heterocycles. The standard InChI is InChI=1S/C21H21NO4S2/c1-13-17(20(23)24)19(16-9-6-11-28-16)18(14(2)22-13)21(25)26-10-12-27-15-7-4-3-5-8-15/h3-9,11,19,22H,10,12H2,1-2H3,(H,23,24). The van der Waals surface area contributed by atoms with E-state index < -0.39 is 17.9 Å². The van der Waals surface area contributed by atoms with Crippen molar-refractivity contribution in [2.45, 2.75) is 24.7 Å². The van der Waals surface area contributed by atoms with Gasteiger partial charge in [-0.15, -0.1) is 23.1 Å². The molecular weight excluding hydrogens is 394 g/mol. The number of nitrogens with one attached hydrogen (secondary N) is 1. The van der Waals surface area contributed by atoms with Crippen LogP contribution in [0.2, 0.25) is 0 Å². The number of hydrogen-bond donors (Lipinski definition) is 2. The summed E-state index contributed by atoms with van der Waals surface area (Å²) in [5, 5.41) is 14.6. The summed E-state index contributed by atoms with van der Waals surface area (Å²) in [6.07, 6.45) is 0. The first-order valence-corrected chi connectivity index (χ1v) is 10.7. The number of hydrogen-bond acceptors (Lipinski definition) is 6. The summed E-state index contributed by atoms with van der Waals surface area (Å²) in [5.74, 6) is -1.53. The lowest BCUT2D eigenvalue weighted by atomic mass is 9.84. The zero-order valence-electron chi connectivity index (χ0n) is 15.6. The number of thiophene rings is 1. The van der Waals surface area contributed by atoms with E-state index in [0.717, 1.165) is 9.77 Å². The Bertz CT molecular complexity index is 917. The van der Waals surface area contributed by atoms with E-state index in [4.69, 9.17) is 4.74 Å². The Balaban J connectivity index is 1.75. The molecule has 0 spiro atoms. The monoisotopic (exact) mass is 415 g/mol. The van der Waals surface area contributed by atoms with E-state index in [1.165, 1.54) is 11.3 Å². The third kappa shape index (κ3) is 4.48. The number of carbonyl (C=O) groups excluding carboxylic acids is 1. The van der Waals surface area contributed by atoms with Crippen LogP contribution in [0.4, 0.5) is 0 Å². The first-order valence-electron chi connectivity index (χ1n) is 8.79. The van der Waals surface area contributed by atoms with Crippen LogP contribution in [0.5, 0.6) is 0 Å². The molecule has 1 unspecified atom stereocenters. The maximum atomic E-state index is 12.9. The van der Waals surface area contributed by atoms with Gasteiger partial charge in [0.15, 0.2) is 0 Å². The second-order valence-electron chi connectivity index (χ2n) is 6.25. The molecular formula is C21H21NO4S2. The smallest absolute Gasteiger partial charge is 0.336 e. The van der Waals surface area contributed by atoms with Crippen molar-refractivity contribution >= 4 is 35.0 Å². The van der Waals surface area contributed by atoms with Crippen molar-refractivity contribution < 1.29 is 19.4 Å². The second kappa shape index (κ2) is 9.12. The van der Waals surface area contributed by atoms with Crippen LogP contribution in [-0.4, -0.2) is 29.4 Å². The van der Waals surface area contributed by atoms with Crippen LogP contribution >= 0.6 is 23.1 Å². The van der Waals surface area contributed by atoms with Crippen LogP contribution < -0.4 is 5.32 Å². The minimum absolute atomic E-state index is 0.179. The molecule has 7 heteroatoms. The first kappa shape index (κ1) is 20.2. The van der Waals surface area contributed by atoms with Crippen molar-refractivity contribution in [3.63, 3.8) is 0 Å². The molecule has 28 heavy (non-hydrogen) atoms. The van der Waals surface area contributed by atoms with E-state index in [1.54, 1.807) is 25.6 Å². The Hall–Kier alpha value is -2.51. The molecule has 2 heterocycles. The van der Waals surface area contributed by atoms with Crippen LogP contribution in [-0.2, 0) is 14.3 Å². The highest BCUT2D eigenvalue weighted by atomic mass is 32.2. The summed E-state index contributed by atoms with van der Waals surface area (Å²) in [5.41, 5.74) is 1.70. The Morgan fingerprint density at radius 1 is 1.11 bits per heavy atom. The van der Waals surface area contributed by atoms with Crippen LogP contribution in [0.1, 0.15) is 24.6 Å². The zero-order chi connectivity index (χ0) is 20.1.